The van der Waals surface area contributed by atoms with Crippen LogP contribution in [-0.2, 0) is 19.1 Å². The number of carbonyl (C=O) groups is 3. The Morgan fingerprint density at radius 2 is 1.95 bits per heavy atom. The van der Waals surface area contributed by atoms with Gasteiger partial charge in [0, 0.05) is 6.42 Å². The number of esters is 1. The van der Waals surface area contributed by atoms with E-state index >= 15 is 0 Å². The predicted octanol–water partition coefficient (Wildman–Crippen LogP) is 1.09. The van der Waals surface area contributed by atoms with Crippen LogP contribution in [-0.4, -0.2) is 47.1 Å². The summed E-state index contributed by atoms with van der Waals surface area (Å²) in [5.41, 5.74) is 7.53. The lowest BCUT2D eigenvalue weighted by molar-refractivity contribution is -0.145. The molecule has 0 bridgehead atoms. The van der Waals surface area contributed by atoms with Gasteiger partial charge in [0.2, 0.25) is 5.78 Å². The quantitative estimate of drug-likeness (QED) is 0.327. The summed E-state index contributed by atoms with van der Waals surface area (Å²) >= 11 is 0. The van der Waals surface area contributed by atoms with Gasteiger partial charge < -0.3 is 20.3 Å². The molecule has 0 heterocycles. The molecule has 8 heteroatoms. The van der Waals surface area contributed by atoms with Crippen molar-refractivity contribution < 1.29 is 28.6 Å². The van der Waals surface area contributed by atoms with Gasteiger partial charge in [-0.3, -0.25) is 4.79 Å². The SMILES string of the molecule is CCOC(=O)[C@H](CCC(=O)C=[N+]=[N-])NC(=O)OC(C)(C)C. The summed E-state index contributed by atoms with van der Waals surface area (Å²) in [6.45, 7) is 6.84. The number of hydrogen-bond donors (Lipinski definition) is 1. The lowest BCUT2D eigenvalue weighted by atomic mass is 10.1. The topological polar surface area (TPSA) is 118 Å². The Labute approximate surface area is 123 Å². The molecule has 21 heavy (non-hydrogen) atoms. The average Bonchev–Trinajstić information content (AvgIpc) is 2.32. The van der Waals surface area contributed by atoms with Crippen molar-refractivity contribution in [3.8, 4) is 0 Å². The second kappa shape index (κ2) is 8.86. The molecule has 0 aromatic rings. The van der Waals surface area contributed by atoms with Gasteiger partial charge in [0.05, 0.1) is 6.61 Å². The van der Waals surface area contributed by atoms with E-state index in [1.807, 2.05) is 0 Å². The number of carbonyl (C=O) groups excluding carboxylic acids is 3. The van der Waals surface area contributed by atoms with Crippen LogP contribution in [0.25, 0.3) is 5.53 Å². The van der Waals surface area contributed by atoms with Crippen molar-refractivity contribution in [1.82, 2.24) is 5.32 Å². The smallest absolute Gasteiger partial charge is 0.408 e. The van der Waals surface area contributed by atoms with Crippen LogP contribution in [0.3, 0.4) is 0 Å². The minimum atomic E-state index is -1.00. The molecular formula is C13H21N3O5. The maximum Gasteiger partial charge on any atom is 0.408 e. The van der Waals surface area contributed by atoms with E-state index in [-0.39, 0.29) is 19.4 Å². The Hall–Kier alpha value is -2.21. The Kier molecular flexibility index (Phi) is 7.93. The summed E-state index contributed by atoms with van der Waals surface area (Å²) in [5.74, 6) is -1.13. The van der Waals surface area contributed by atoms with E-state index < -0.39 is 29.5 Å². The van der Waals surface area contributed by atoms with Crippen molar-refractivity contribution in [3.63, 3.8) is 0 Å². The molecule has 0 aromatic carbocycles. The molecule has 0 aromatic heterocycles. The van der Waals surface area contributed by atoms with Gasteiger partial charge in [0.15, 0.2) is 0 Å². The second-order valence-corrected chi connectivity index (χ2v) is 5.20. The molecule has 0 aliphatic rings. The first-order valence-electron chi connectivity index (χ1n) is 6.56. The maximum atomic E-state index is 11.7. The standard InChI is InChI=1S/C13H21N3O5/c1-5-20-11(18)10(7-6-9(17)8-15-14)16-12(19)21-13(2,3)4/h8,10H,5-7H2,1-4H3,(H,16,19)/t10-/m0/s1. The van der Waals surface area contributed by atoms with Gasteiger partial charge in [0.1, 0.15) is 11.6 Å². The number of rotatable bonds is 7. The number of alkyl carbamates (subject to hydrolysis) is 1. The normalized spacial score (nSPS) is 11.8. The lowest BCUT2D eigenvalue weighted by Gasteiger charge is -2.22. The van der Waals surface area contributed by atoms with Crippen LogP contribution in [0.4, 0.5) is 4.79 Å². The fourth-order valence-corrected chi connectivity index (χ4v) is 1.36. The van der Waals surface area contributed by atoms with Crippen LogP contribution in [0.1, 0.15) is 40.5 Å². The number of amides is 1. The summed E-state index contributed by atoms with van der Waals surface area (Å²) in [5, 5.41) is 2.36. The van der Waals surface area contributed by atoms with Gasteiger partial charge in [-0.05, 0) is 34.1 Å². The molecule has 1 atom stereocenters. The van der Waals surface area contributed by atoms with Crippen molar-refractivity contribution in [3.05, 3.63) is 5.53 Å². The molecule has 0 unspecified atom stereocenters. The van der Waals surface area contributed by atoms with Crippen LogP contribution in [0, 0.1) is 0 Å². The molecule has 0 saturated heterocycles. The monoisotopic (exact) mass is 299 g/mol. The number of ether oxygens (including phenoxy) is 2. The van der Waals surface area contributed by atoms with E-state index in [9.17, 15) is 14.4 Å². The Morgan fingerprint density at radius 3 is 2.43 bits per heavy atom. The summed E-state index contributed by atoms with van der Waals surface area (Å²) < 4.78 is 9.87. The number of hydrogen-bond acceptors (Lipinski definition) is 5. The lowest BCUT2D eigenvalue weighted by Crippen LogP contribution is -2.44. The minimum absolute atomic E-state index is 0.0168. The molecular weight excluding hydrogens is 278 g/mol. The van der Waals surface area contributed by atoms with Crippen molar-refractivity contribution in [2.24, 2.45) is 0 Å². The zero-order valence-electron chi connectivity index (χ0n) is 12.7. The predicted molar refractivity (Wildman–Crippen MR) is 73.7 cm³/mol. The van der Waals surface area contributed by atoms with E-state index in [1.54, 1.807) is 27.7 Å². The maximum absolute atomic E-state index is 11.7. The molecule has 8 nitrogen and oxygen atoms in total. The fraction of sp³-hybridized carbons (Fsp3) is 0.692. The minimum Gasteiger partial charge on any atom is -0.464 e. The van der Waals surface area contributed by atoms with E-state index in [0.29, 0.717) is 0 Å². The van der Waals surface area contributed by atoms with Crippen molar-refractivity contribution in [2.75, 3.05) is 6.61 Å². The van der Waals surface area contributed by atoms with E-state index in [1.165, 1.54) is 0 Å². The zero-order chi connectivity index (χ0) is 16.5. The van der Waals surface area contributed by atoms with Crippen molar-refractivity contribution in [1.29, 1.82) is 0 Å². The first-order chi connectivity index (χ1) is 9.69. The Morgan fingerprint density at radius 1 is 1.33 bits per heavy atom. The highest BCUT2D eigenvalue weighted by molar-refractivity contribution is 6.25. The summed E-state index contributed by atoms with van der Waals surface area (Å²) in [6, 6.07) is -1.00. The van der Waals surface area contributed by atoms with Crippen LogP contribution in [0.15, 0.2) is 0 Å². The van der Waals surface area contributed by atoms with Crippen LogP contribution >= 0.6 is 0 Å². The van der Waals surface area contributed by atoms with Crippen molar-refractivity contribution in [2.45, 2.75) is 52.2 Å². The molecule has 0 fully saturated rings. The van der Waals surface area contributed by atoms with E-state index in [4.69, 9.17) is 15.0 Å². The number of nitrogens with one attached hydrogen (secondary N) is 1. The number of Topliss-reactive ketones (excluding diaryl/α,β-unsaturated/α-hetero) is 1. The van der Waals surface area contributed by atoms with Gasteiger partial charge in [0.25, 0.3) is 0 Å². The number of ketones is 1. The van der Waals surface area contributed by atoms with Gasteiger partial charge in [-0.15, -0.1) is 0 Å². The van der Waals surface area contributed by atoms with Crippen LogP contribution < -0.4 is 5.32 Å². The summed E-state index contributed by atoms with van der Waals surface area (Å²) in [7, 11) is 0. The molecule has 1 amide bonds. The third-order valence-electron chi connectivity index (χ3n) is 2.14. The van der Waals surface area contributed by atoms with E-state index in [2.05, 4.69) is 10.1 Å². The van der Waals surface area contributed by atoms with E-state index in [0.717, 1.165) is 6.21 Å². The molecule has 1 N–H and O–H groups in total. The molecule has 0 aliphatic heterocycles. The van der Waals surface area contributed by atoms with Crippen LogP contribution in [0.5, 0.6) is 0 Å². The number of nitrogens with zero attached hydrogens (tertiary/aromatic N) is 2. The molecule has 0 rings (SSSR count). The largest absolute Gasteiger partial charge is 0.464 e. The van der Waals surface area contributed by atoms with Gasteiger partial charge in [-0.1, -0.05) is 0 Å². The molecule has 118 valence electrons. The van der Waals surface area contributed by atoms with Gasteiger partial charge in [-0.25, -0.2) is 9.59 Å². The molecule has 0 spiro atoms. The second-order valence-electron chi connectivity index (χ2n) is 5.20. The molecule has 0 aliphatic carbocycles. The van der Waals surface area contributed by atoms with Gasteiger partial charge in [-0.2, -0.15) is 4.79 Å². The zero-order valence-corrected chi connectivity index (χ0v) is 12.7. The van der Waals surface area contributed by atoms with Crippen LogP contribution in [0.2, 0.25) is 0 Å². The Bertz CT molecular complexity index is 436. The summed E-state index contributed by atoms with van der Waals surface area (Å²) in [6.07, 6.45) is -0.106. The average molecular weight is 299 g/mol. The first kappa shape index (κ1) is 18.8. The highest BCUT2D eigenvalue weighted by atomic mass is 16.6. The summed E-state index contributed by atoms with van der Waals surface area (Å²) in [4.78, 5) is 37.2. The molecule has 0 saturated carbocycles. The fourth-order valence-electron chi connectivity index (χ4n) is 1.36. The van der Waals surface area contributed by atoms with Gasteiger partial charge >= 0.3 is 18.3 Å². The third kappa shape index (κ3) is 9.34. The van der Waals surface area contributed by atoms with Crippen molar-refractivity contribution >= 4 is 24.1 Å². The Balaban J connectivity index is 4.66. The third-order valence-corrected chi connectivity index (χ3v) is 2.14. The first-order valence-corrected chi connectivity index (χ1v) is 6.56. The molecule has 0 radical (unpaired) electrons. The highest BCUT2D eigenvalue weighted by Gasteiger charge is 2.26. The highest BCUT2D eigenvalue weighted by Crippen LogP contribution is 2.08.